The van der Waals surface area contributed by atoms with Crippen LogP contribution in [0.5, 0.6) is 0 Å². The van der Waals surface area contributed by atoms with Gasteiger partial charge in [0, 0.05) is 5.92 Å². The van der Waals surface area contributed by atoms with Crippen molar-refractivity contribution in [1.29, 1.82) is 0 Å². The maximum atomic E-state index is 11.5. The quantitative estimate of drug-likeness (QED) is 0.932. The zero-order valence-corrected chi connectivity index (χ0v) is 10.9. The highest BCUT2D eigenvalue weighted by atomic mass is 35.5. The fourth-order valence-corrected chi connectivity index (χ4v) is 1.94. The molecule has 0 saturated heterocycles. The zero-order chi connectivity index (χ0) is 13.2. The summed E-state index contributed by atoms with van der Waals surface area (Å²) >= 11 is 6.05. The summed E-state index contributed by atoms with van der Waals surface area (Å²) in [5, 5.41) is 11.2. The molecule has 1 aromatic carbocycles. The van der Waals surface area contributed by atoms with Gasteiger partial charge in [0.15, 0.2) is 0 Å². The molecule has 0 radical (unpaired) electrons. The van der Waals surface area contributed by atoms with Gasteiger partial charge in [-0.05, 0) is 25.0 Å². The molecule has 19 heavy (non-hydrogen) atoms. The van der Waals surface area contributed by atoms with Gasteiger partial charge in [-0.15, -0.1) is 10.2 Å². The predicted octanol–water partition coefficient (Wildman–Crippen LogP) is 2.42. The number of nitrogens with one attached hydrogen (secondary N) is 1. The van der Waals surface area contributed by atoms with Crippen LogP contribution in [0.4, 0.5) is 0 Å². The number of hydrogen-bond acceptors (Lipinski definition) is 4. The highest BCUT2D eigenvalue weighted by Gasteiger charge is 2.29. The van der Waals surface area contributed by atoms with Crippen LogP contribution in [0.15, 0.2) is 28.7 Å². The lowest BCUT2D eigenvalue weighted by Crippen LogP contribution is -2.24. The third kappa shape index (κ3) is 2.76. The van der Waals surface area contributed by atoms with Gasteiger partial charge in [-0.25, -0.2) is 0 Å². The SMILES string of the molecule is O=C(NCc1nnc(-c2ccccc2Cl)o1)C1CC1. The Kier molecular flexibility index (Phi) is 3.21. The summed E-state index contributed by atoms with van der Waals surface area (Å²) in [6, 6.07) is 7.25. The van der Waals surface area contributed by atoms with Crippen molar-refractivity contribution in [2.45, 2.75) is 19.4 Å². The molecule has 0 aliphatic heterocycles. The van der Waals surface area contributed by atoms with E-state index in [1.54, 1.807) is 6.07 Å². The van der Waals surface area contributed by atoms with Crippen LogP contribution in [0.2, 0.25) is 5.02 Å². The van der Waals surface area contributed by atoms with Crippen LogP contribution in [0, 0.1) is 5.92 Å². The van der Waals surface area contributed by atoms with E-state index in [0.717, 1.165) is 12.8 Å². The molecule has 98 valence electrons. The first kappa shape index (κ1) is 12.2. The Hall–Kier alpha value is -1.88. The third-order valence-corrected chi connectivity index (χ3v) is 3.26. The van der Waals surface area contributed by atoms with E-state index in [1.807, 2.05) is 18.2 Å². The van der Waals surface area contributed by atoms with Crippen LogP contribution < -0.4 is 5.32 Å². The maximum Gasteiger partial charge on any atom is 0.249 e. The van der Waals surface area contributed by atoms with E-state index in [9.17, 15) is 4.79 Å². The van der Waals surface area contributed by atoms with Gasteiger partial charge in [0.1, 0.15) is 0 Å². The Morgan fingerprint density at radius 1 is 1.37 bits per heavy atom. The van der Waals surface area contributed by atoms with Gasteiger partial charge in [-0.2, -0.15) is 0 Å². The summed E-state index contributed by atoms with van der Waals surface area (Å²) < 4.78 is 5.48. The highest BCUT2D eigenvalue weighted by Crippen LogP contribution is 2.29. The number of benzene rings is 1. The summed E-state index contributed by atoms with van der Waals surface area (Å²) in [5.41, 5.74) is 0.691. The van der Waals surface area contributed by atoms with E-state index >= 15 is 0 Å². The van der Waals surface area contributed by atoms with E-state index < -0.39 is 0 Å². The number of carbonyl (C=O) groups excluding carboxylic acids is 1. The number of halogens is 1. The Morgan fingerprint density at radius 3 is 2.89 bits per heavy atom. The summed E-state index contributed by atoms with van der Waals surface area (Å²) in [4.78, 5) is 11.5. The number of nitrogens with zero attached hydrogens (tertiary/aromatic N) is 2. The molecule has 0 atom stereocenters. The second-order valence-corrected chi connectivity index (χ2v) is 4.88. The topological polar surface area (TPSA) is 68.0 Å². The largest absolute Gasteiger partial charge is 0.419 e. The van der Waals surface area contributed by atoms with E-state index in [2.05, 4.69) is 15.5 Å². The molecule has 0 unspecified atom stereocenters. The smallest absolute Gasteiger partial charge is 0.249 e. The van der Waals surface area contributed by atoms with Crippen molar-refractivity contribution in [2.75, 3.05) is 0 Å². The first-order valence-corrected chi connectivity index (χ1v) is 6.47. The van der Waals surface area contributed by atoms with Crippen LogP contribution in [0.1, 0.15) is 18.7 Å². The van der Waals surface area contributed by atoms with Crippen LogP contribution in [0.3, 0.4) is 0 Å². The van der Waals surface area contributed by atoms with E-state index in [-0.39, 0.29) is 18.4 Å². The van der Waals surface area contributed by atoms with Crippen molar-refractivity contribution in [3.05, 3.63) is 35.2 Å². The molecule has 6 heteroatoms. The van der Waals surface area contributed by atoms with Crippen molar-refractivity contribution in [2.24, 2.45) is 5.92 Å². The minimum atomic E-state index is 0.0532. The first-order valence-electron chi connectivity index (χ1n) is 6.09. The molecule has 0 bridgehead atoms. The lowest BCUT2D eigenvalue weighted by molar-refractivity contribution is -0.122. The summed E-state index contributed by atoms with van der Waals surface area (Å²) in [7, 11) is 0. The average Bonchev–Trinajstić information content (AvgIpc) is 3.16. The van der Waals surface area contributed by atoms with Gasteiger partial charge < -0.3 is 9.73 Å². The van der Waals surface area contributed by atoms with Crippen molar-refractivity contribution in [3.8, 4) is 11.5 Å². The molecule has 1 amide bonds. The molecule has 1 aromatic heterocycles. The Morgan fingerprint density at radius 2 is 2.16 bits per heavy atom. The Balaban J connectivity index is 1.69. The molecule has 3 rings (SSSR count). The predicted molar refractivity (Wildman–Crippen MR) is 69.3 cm³/mol. The molecule has 1 saturated carbocycles. The highest BCUT2D eigenvalue weighted by molar-refractivity contribution is 6.33. The van der Waals surface area contributed by atoms with Gasteiger partial charge in [0.25, 0.3) is 0 Å². The van der Waals surface area contributed by atoms with Crippen LogP contribution in [-0.4, -0.2) is 16.1 Å². The minimum absolute atomic E-state index is 0.0532. The van der Waals surface area contributed by atoms with Crippen molar-refractivity contribution in [1.82, 2.24) is 15.5 Å². The number of rotatable bonds is 4. The van der Waals surface area contributed by atoms with Crippen molar-refractivity contribution >= 4 is 17.5 Å². The van der Waals surface area contributed by atoms with Crippen molar-refractivity contribution < 1.29 is 9.21 Å². The monoisotopic (exact) mass is 277 g/mol. The van der Waals surface area contributed by atoms with Crippen LogP contribution in [0.25, 0.3) is 11.5 Å². The molecule has 0 spiro atoms. The molecular weight excluding hydrogens is 266 g/mol. The summed E-state index contributed by atoms with van der Waals surface area (Å²) in [5.74, 6) is 0.966. The second-order valence-electron chi connectivity index (χ2n) is 4.47. The van der Waals surface area contributed by atoms with E-state index in [0.29, 0.717) is 22.4 Å². The Bertz CT molecular complexity index is 607. The standard InChI is InChI=1S/C13H12ClN3O2/c14-10-4-2-1-3-9(10)13-17-16-11(19-13)7-15-12(18)8-5-6-8/h1-4,8H,5-7H2,(H,15,18). The van der Waals surface area contributed by atoms with Gasteiger partial charge in [0.05, 0.1) is 17.1 Å². The molecule has 5 nitrogen and oxygen atoms in total. The zero-order valence-electron chi connectivity index (χ0n) is 10.1. The van der Waals surface area contributed by atoms with Crippen LogP contribution in [-0.2, 0) is 11.3 Å². The number of carbonyl (C=O) groups is 1. The summed E-state index contributed by atoms with van der Waals surface area (Å²) in [6.45, 7) is 0.257. The number of hydrogen-bond donors (Lipinski definition) is 1. The normalized spacial score (nSPS) is 14.4. The first-order chi connectivity index (χ1) is 9.24. The fraction of sp³-hybridized carbons (Fsp3) is 0.308. The molecule has 1 heterocycles. The maximum absolute atomic E-state index is 11.5. The van der Waals surface area contributed by atoms with E-state index in [1.165, 1.54) is 0 Å². The molecular formula is C13H12ClN3O2. The van der Waals surface area contributed by atoms with E-state index in [4.69, 9.17) is 16.0 Å². The van der Waals surface area contributed by atoms with Gasteiger partial charge >= 0.3 is 0 Å². The van der Waals surface area contributed by atoms with Gasteiger partial charge in [0.2, 0.25) is 17.7 Å². The molecule has 1 aliphatic rings. The van der Waals surface area contributed by atoms with Crippen molar-refractivity contribution in [3.63, 3.8) is 0 Å². The molecule has 1 fully saturated rings. The molecule has 2 aromatic rings. The second kappa shape index (κ2) is 5.01. The number of aromatic nitrogens is 2. The molecule has 1 N–H and O–H groups in total. The lowest BCUT2D eigenvalue weighted by atomic mass is 10.2. The Labute approximate surface area is 115 Å². The summed E-state index contributed by atoms with van der Waals surface area (Å²) in [6.07, 6.45) is 1.95. The fourth-order valence-electron chi connectivity index (χ4n) is 1.72. The lowest BCUT2D eigenvalue weighted by Gasteiger charge is -1.99. The van der Waals surface area contributed by atoms with Crippen LogP contribution >= 0.6 is 11.6 Å². The average molecular weight is 278 g/mol. The number of amides is 1. The molecule has 1 aliphatic carbocycles. The van der Waals surface area contributed by atoms with Gasteiger partial charge in [-0.1, -0.05) is 23.7 Å². The minimum Gasteiger partial charge on any atom is -0.419 e. The van der Waals surface area contributed by atoms with Gasteiger partial charge in [-0.3, -0.25) is 4.79 Å². The third-order valence-electron chi connectivity index (χ3n) is 2.93.